The maximum Gasteiger partial charge on any atom is 0.253 e. The molecule has 6 nitrogen and oxygen atoms in total. The summed E-state index contributed by atoms with van der Waals surface area (Å²) in [5.41, 5.74) is 3.02. The molecule has 28 heavy (non-hydrogen) atoms. The van der Waals surface area contributed by atoms with Crippen molar-refractivity contribution in [2.45, 2.75) is 13.0 Å². The van der Waals surface area contributed by atoms with Crippen LogP contribution < -0.4 is 15.5 Å². The molecule has 2 aromatic carbocycles. The number of para-hydroxylation sites is 1. The molecule has 0 radical (unpaired) electrons. The predicted octanol–water partition coefficient (Wildman–Crippen LogP) is 2.58. The summed E-state index contributed by atoms with van der Waals surface area (Å²) in [6.45, 7) is 2.46. The molecule has 0 aliphatic heterocycles. The molecule has 2 aromatic rings. The Morgan fingerprint density at radius 3 is 2.25 bits per heavy atom. The van der Waals surface area contributed by atoms with E-state index in [2.05, 4.69) is 51.8 Å². The molecular weight excluding hydrogens is 350 g/mol. The van der Waals surface area contributed by atoms with Gasteiger partial charge in [0.05, 0.1) is 0 Å². The van der Waals surface area contributed by atoms with Crippen LogP contribution in [0.2, 0.25) is 0 Å². The van der Waals surface area contributed by atoms with Crippen LogP contribution in [-0.4, -0.2) is 58.0 Å². The lowest BCUT2D eigenvalue weighted by Crippen LogP contribution is -2.38. The summed E-state index contributed by atoms with van der Waals surface area (Å²) in [5.74, 6) is 0.785. The molecule has 0 spiro atoms. The Kier molecular flexibility index (Phi) is 8.34. The van der Waals surface area contributed by atoms with Crippen molar-refractivity contribution in [3.05, 3.63) is 65.7 Å². The first-order valence-electron chi connectivity index (χ1n) is 9.52. The first kappa shape index (κ1) is 21.3. The van der Waals surface area contributed by atoms with Crippen LogP contribution >= 0.6 is 0 Å². The fourth-order valence-corrected chi connectivity index (χ4v) is 2.76. The number of aliphatic imine (C=N–C) groups is 1. The molecule has 0 unspecified atom stereocenters. The van der Waals surface area contributed by atoms with Crippen molar-refractivity contribution in [3.63, 3.8) is 0 Å². The van der Waals surface area contributed by atoms with Crippen molar-refractivity contribution in [1.82, 2.24) is 15.5 Å². The minimum atomic E-state index is 0.0115. The van der Waals surface area contributed by atoms with Crippen LogP contribution in [-0.2, 0) is 6.54 Å². The van der Waals surface area contributed by atoms with Gasteiger partial charge in [0.1, 0.15) is 0 Å². The second kappa shape index (κ2) is 11.0. The molecule has 0 saturated carbocycles. The van der Waals surface area contributed by atoms with Gasteiger partial charge in [0.2, 0.25) is 0 Å². The number of anilines is 1. The number of benzene rings is 2. The number of carbonyl (C=O) groups is 1. The third kappa shape index (κ3) is 6.61. The normalized spacial score (nSPS) is 11.1. The van der Waals surface area contributed by atoms with Gasteiger partial charge in [0.25, 0.3) is 5.91 Å². The van der Waals surface area contributed by atoms with Crippen LogP contribution in [0, 0.1) is 0 Å². The van der Waals surface area contributed by atoms with E-state index < -0.39 is 0 Å². The summed E-state index contributed by atoms with van der Waals surface area (Å²) in [7, 11) is 7.38. The molecule has 0 saturated heterocycles. The van der Waals surface area contributed by atoms with E-state index in [1.54, 1.807) is 26.0 Å². The fraction of sp³-hybridized carbons (Fsp3) is 0.364. The molecule has 0 bridgehead atoms. The quantitative estimate of drug-likeness (QED) is 0.419. The first-order valence-corrected chi connectivity index (χ1v) is 9.52. The Hall–Kier alpha value is -3.02. The average molecular weight is 382 g/mol. The van der Waals surface area contributed by atoms with Gasteiger partial charge in [0.15, 0.2) is 5.96 Å². The van der Waals surface area contributed by atoms with E-state index in [4.69, 9.17) is 0 Å². The van der Waals surface area contributed by atoms with Gasteiger partial charge in [-0.05, 0) is 36.2 Å². The fourth-order valence-electron chi connectivity index (χ4n) is 2.76. The summed E-state index contributed by atoms with van der Waals surface area (Å²) in [5, 5.41) is 6.65. The van der Waals surface area contributed by atoms with E-state index in [1.807, 2.05) is 30.3 Å². The standard InChI is InChI=1S/C22H31N5O/c1-23-22(24-15-8-16-27(4)20-9-6-5-7-10-20)25-17-18-11-13-19(14-12-18)21(28)26(2)3/h5-7,9-14H,8,15-17H2,1-4H3,(H2,23,24,25). The monoisotopic (exact) mass is 381 g/mol. The zero-order chi connectivity index (χ0) is 20.4. The Labute approximate surface area is 168 Å². The summed E-state index contributed by atoms with van der Waals surface area (Å²) in [6, 6.07) is 18.0. The van der Waals surface area contributed by atoms with Gasteiger partial charge in [-0.2, -0.15) is 0 Å². The second-order valence-corrected chi connectivity index (χ2v) is 6.86. The van der Waals surface area contributed by atoms with Gasteiger partial charge in [0, 0.05) is 59.1 Å². The first-order chi connectivity index (χ1) is 13.5. The van der Waals surface area contributed by atoms with Crippen molar-refractivity contribution >= 4 is 17.6 Å². The van der Waals surface area contributed by atoms with Gasteiger partial charge in [-0.25, -0.2) is 0 Å². The lowest BCUT2D eigenvalue weighted by atomic mass is 10.1. The van der Waals surface area contributed by atoms with Crippen molar-refractivity contribution in [2.75, 3.05) is 46.2 Å². The van der Waals surface area contributed by atoms with Crippen molar-refractivity contribution < 1.29 is 4.79 Å². The van der Waals surface area contributed by atoms with Crippen LogP contribution in [0.15, 0.2) is 59.6 Å². The smallest absolute Gasteiger partial charge is 0.253 e. The molecule has 0 aliphatic carbocycles. The molecular formula is C22H31N5O. The van der Waals surface area contributed by atoms with E-state index in [0.717, 1.165) is 31.0 Å². The number of nitrogens with one attached hydrogen (secondary N) is 2. The molecule has 0 fully saturated rings. The Balaban J connectivity index is 1.72. The van der Waals surface area contributed by atoms with Crippen molar-refractivity contribution in [2.24, 2.45) is 4.99 Å². The molecule has 2 rings (SSSR count). The van der Waals surface area contributed by atoms with E-state index in [1.165, 1.54) is 5.69 Å². The highest BCUT2D eigenvalue weighted by atomic mass is 16.2. The van der Waals surface area contributed by atoms with Gasteiger partial charge < -0.3 is 20.4 Å². The minimum Gasteiger partial charge on any atom is -0.375 e. The number of nitrogens with zero attached hydrogens (tertiary/aromatic N) is 3. The zero-order valence-electron chi connectivity index (χ0n) is 17.3. The summed E-state index contributed by atoms with van der Waals surface area (Å²) in [4.78, 5) is 20.0. The highest BCUT2D eigenvalue weighted by molar-refractivity contribution is 5.93. The number of hydrogen-bond acceptors (Lipinski definition) is 3. The van der Waals surface area contributed by atoms with E-state index in [0.29, 0.717) is 12.1 Å². The van der Waals surface area contributed by atoms with E-state index in [9.17, 15) is 4.79 Å². The number of hydrogen-bond donors (Lipinski definition) is 2. The van der Waals surface area contributed by atoms with E-state index in [-0.39, 0.29) is 5.91 Å². The number of carbonyl (C=O) groups excluding carboxylic acids is 1. The Morgan fingerprint density at radius 1 is 0.964 bits per heavy atom. The molecule has 0 heterocycles. The van der Waals surface area contributed by atoms with Gasteiger partial charge in [-0.1, -0.05) is 30.3 Å². The third-order valence-corrected chi connectivity index (χ3v) is 4.45. The molecule has 0 aromatic heterocycles. The number of amides is 1. The third-order valence-electron chi connectivity index (χ3n) is 4.45. The highest BCUT2D eigenvalue weighted by Gasteiger charge is 2.07. The Bertz CT molecular complexity index is 756. The van der Waals surface area contributed by atoms with Crippen molar-refractivity contribution in [1.29, 1.82) is 0 Å². The SMILES string of the molecule is CN=C(NCCCN(C)c1ccccc1)NCc1ccc(C(=O)N(C)C)cc1. The highest BCUT2D eigenvalue weighted by Crippen LogP contribution is 2.10. The van der Waals surface area contributed by atoms with Crippen LogP contribution in [0.4, 0.5) is 5.69 Å². The molecule has 150 valence electrons. The second-order valence-electron chi connectivity index (χ2n) is 6.86. The van der Waals surface area contributed by atoms with Crippen LogP contribution in [0.3, 0.4) is 0 Å². The molecule has 0 atom stereocenters. The average Bonchev–Trinajstić information content (AvgIpc) is 2.73. The zero-order valence-corrected chi connectivity index (χ0v) is 17.3. The summed E-state index contributed by atoms with van der Waals surface area (Å²) >= 11 is 0. The topological polar surface area (TPSA) is 60.0 Å². The van der Waals surface area contributed by atoms with Gasteiger partial charge >= 0.3 is 0 Å². The molecule has 6 heteroatoms. The summed E-state index contributed by atoms with van der Waals surface area (Å²) < 4.78 is 0. The lowest BCUT2D eigenvalue weighted by molar-refractivity contribution is 0.0827. The molecule has 0 aliphatic rings. The maximum atomic E-state index is 11.9. The van der Waals surface area contributed by atoms with Crippen LogP contribution in [0.5, 0.6) is 0 Å². The number of rotatable bonds is 8. The Morgan fingerprint density at radius 2 is 1.64 bits per heavy atom. The van der Waals surface area contributed by atoms with Crippen LogP contribution in [0.25, 0.3) is 0 Å². The largest absolute Gasteiger partial charge is 0.375 e. The van der Waals surface area contributed by atoms with Gasteiger partial charge in [-0.15, -0.1) is 0 Å². The lowest BCUT2D eigenvalue weighted by Gasteiger charge is -2.19. The van der Waals surface area contributed by atoms with Crippen LogP contribution in [0.1, 0.15) is 22.3 Å². The van der Waals surface area contributed by atoms with Gasteiger partial charge in [-0.3, -0.25) is 9.79 Å². The summed E-state index contributed by atoms with van der Waals surface area (Å²) in [6.07, 6.45) is 1.01. The van der Waals surface area contributed by atoms with E-state index >= 15 is 0 Å². The molecule has 2 N–H and O–H groups in total. The maximum absolute atomic E-state index is 11.9. The number of guanidine groups is 1. The van der Waals surface area contributed by atoms with Crippen molar-refractivity contribution in [3.8, 4) is 0 Å². The minimum absolute atomic E-state index is 0.0115. The predicted molar refractivity (Wildman–Crippen MR) is 117 cm³/mol. The molecule has 1 amide bonds.